The molecule has 2 aromatic rings. The van der Waals surface area contributed by atoms with Crippen LogP contribution in [0.25, 0.3) is 0 Å². The van der Waals surface area contributed by atoms with Gasteiger partial charge in [-0.25, -0.2) is 9.78 Å². The smallest absolute Gasteiger partial charge is 0.433 e. The first kappa shape index (κ1) is 17.1. The van der Waals surface area contributed by atoms with Crippen LogP contribution in [-0.4, -0.2) is 23.2 Å². The zero-order valence-electron chi connectivity index (χ0n) is 12.1. The highest BCUT2D eigenvalue weighted by molar-refractivity contribution is 5.90. The number of esters is 1. The number of halogens is 3. The summed E-state index contributed by atoms with van der Waals surface area (Å²) in [5.74, 6) is -1.79. The van der Waals surface area contributed by atoms with Crippen LogP contribution in [0.1, 0.15) is 21.6 Å². The SMILES string of the molecule is COC(=O)c1cc(O)cc(Oc2cc(C#N)cc(C(F)(F)F)n2)c1. The molecule has 0 bridgehead atoms. The summed E-state index contributed by atoms with van der Waals surface area (Å²) >= 11 is 0. The van der Waals surface area contributed by atoms with Crippen LogP contribution in [0.4, 0.5) is 13.2 Å². The van der Waals surface area contributed by atoms with Gasteiger partial charge in [0.2, 0.25) is 5.88 Å². The average Bonchev–Trinajstić information content (AvgIpc) is 2.52. The van der Waals surface area contributed by atoms with Crippen molar-refractivity contribution in [3.63, 3.8) is 0 Å². The lowest BCUT2D eigenvalue weighted by Gasteiger charge is -2.10. The number of carbonyl (C=O) groups excluding carboxylic acids is 1. The molecule has 24 heavy (non-hydrogen) atoms. The molecule has 0 saturated carbocycles. The van der Waals surface area contributed by atoms with E-state index >= 15 is 0 Å². The summed E-state index contributed by atoms with van der Waals surface area (Å²) in [5, 5.41) is 18.4. The van der Waals surface area contributed by atoms with Crippen molar-refractivity contribution >= 4 is 5.97 Å². The van der Waals surface area contributed by atoms with Crippen molar-refractivity contribution in [3.8, 4) is 23.4 Å². The predicted octanol–water partition coefficient (Wildman–Crippen LogP) is 3.26. The molecule has 0 amide bonds. The second kappa shape index (κ2) is 6.45. The average molecular weight is 338 g/mol. The Morgan fingerprint density at radius 2 is 1.96 bits per heavy atom. The van der Waals surface area contributed by atoms with E-state index in [2.05, 4.69) is 9.72 Å². The zero-order valence-corrected chi connectivity index (χ0v) is 12.1. The third-order valence-electron chi connectivity index (χ3n) is 2.76. The summed E-state index contributed by atoms with van der Waals surface area (Å²) in [6, 6.07) is 6.47. The number of carbonyl (C=O) groups is 1. The Bertz CT molecular complexity index is 828. The number of hydrogen-bond donors (Lipinski definition) is 1. The van der Waals surface area contributed by atoms with E-state index in [1.807, 2.05) is 0 Å². The van der Waals surface area contributed by atoms with Crippen LogP contribution in [-0.2, 0) is 10.9 Å². The van der Waals surface area contributed by atoms with E-state index in [0.717, 1.165) is 31.4 Å². The van der Waals surface area contributed by atoms with Gasteiger partial charge in [0.05, 0.1) is 24.3 Å². The number of pyridine rings is 1. The second-order valence-electron chi connectivity index (χ2n) is 4.50. The van der Waals surface area contributed by atoms with Gasteiger partial charge < -0.3 is 14.6 Å². The third-order valence-corrected chi connectivity index (χ3v) is 2.76. The molecule has 2 rings (SSSR count). The molecule has 0 radical (unpaired) electrons. The first-order valence-corrected chi connectivity index (χ1v) is 6.32. The normalized spacial score (nSPS) is 10.8. The Balaban J connectivity index is 2.43. The first-order chi connectivity index (χ1) is 11.2. The molecule has 1 aromatic heterocycles. The van der Waals surface area contributed by atoms with Gasteiger partial charge in [0.1, 0.15) is 17.2 Å². The molecule has 1 N–H and O–H groups in total. The van der Waals surface area contributed by atoms with E-state index in [4.69, 9.17) is 10.00 Å². The summed E-state index contributed by atoms with van der Waals surface area (Å²) in [4.78, 5) is 14.7. The quantitative estimate of drug-likeness (QED) is 0.864. The largest absolute Gasteiger partial charge is 0.508 e. The number of aromatic hydroxyl groups is 1. The molecule has 1 aromatic carbocycles. The number of alkyl halides is 3. The number of aromatic nitrogens is 1. The van der Waals surface area contributed by atoms with E-state index in [-0.39, 0.29) is 22.6 Å². The Hall–Kier alpha value is -3.28. The van der Waals surface area contributed by atoms with Gasteiger partial charge in [-0.1, -0.05) is 0 Å². The fraction of sp³-hybridized carbons (Fsp3) is 0.133. The second-order valence-corrected chi connectivity index (χ2v) is 4.50. The topological polar surface area (TPSA) is 92.4 Å². The monoisotopic (exact) mass is 338 g/mol. The van der Waals surface area contributed by atoms with Crippen LogP contribution in [0.2, 0.25) is 0 Å². The highest BCUT2D eigenvalue weighted by atomic mass is 19.4. The van der Waals surface area contributed by atoms with Gasteiger partial charge in [-0.05, 0) is 18.2 Å². The molecule has 124 valence electrons. The maximum Gasteiger partial charge on any atom is 0.433 e. The van der Waals surface area contributed by atoms with Crippen molar-refractivity contribution in [2.24, 2.45) is 0 Å². The molecule has 1 heterocycles. The van der Waals surface area contributed by atoms with Crippen molar-refractivity contribution in [2.45, 2.75) is 6.18 Å². The number of benzene rings is 1. The van der Waals surface area contributed by atoms with Crippen LogP contribution < -0.4 is 4.74 Å². The first-order valence-electron chi connectivity index (χ1n) is 6.32. The van der Waals surface area contributed by atoms with Crippen LogP contribution >= 0.6 is 0 Å². The fourth-order valence-electron chi connectivity index (χ4n) is 1.77. The van der Waals surface area contributed by atoms with Gasteiger partial charge in [-0.15, -0.1) is 0 Å². The summed E-state index contributed by atoms with van der Waals surface area (Å²) < 4.78 is 47.9. The predicted molar refractivity (Wildman–Crippen MR) is 73.5 cm³/mol. The van der Waals surface area contributed by atoms with Crippen molar-refractivity contribution < 1.29 is 32.5 Å². The standard InChI is InChI=1S/C15H9F3N2O4/c1-23-14(22)9-4-10(21)6-11(5-9)24-13-3-8(7-19)2-12(20-13)15(16,17)18/h2-6,21H,1H3. The molecule has 0 saturated heterocycles. The molecule has 0 fully saturated rings. The van der Waals surface area contributed by atoms with Crippen LogP contribution in [0.3, 0.4) is 0 Å². The van der Waals surface area contributed by atoms with Gasteiger partial charge in [0, 0.05) is 12.1 Å². The lowest BCUT2D eigenvalue weighted by molar-refractivity contribution is -0.141. The molecule has 0 aliphatic carbocycles. The van der Waals surface area contributed by atoms with Gasteiger partial charge in [-0.3, -0.25) is 0 Å². The van der Waals surface area contributed by atoms with E-state index in [1.54, 1.807) is 6.07 Å². The van der Waals surface area contributed by atoms with E-state index < -0.39 is 23.7 Å². The lowest BCUT2D eigenvalue weighted by Crippen LogP contribution is -2.09. The van der Waals surface area contributed by atoms with Crippen LogP contribution in [0.15, 0.2) is 30.3 Å². The number of methoxy groups -OCH3 is 1. The molecule has 0 aliphatic heterocycles. The maximum absolute atomic E-state index is 12.8. The van der Waals surface area contributed by atoms with Gasteiger partial charge in [-0.2, -0.15) is 18.4 Å². The summed E-state index contributed by atoms with van der Waals surface area (Å²) in [5.41, 5.74) is -1.68. The Morgan fingerprint density at radius 1 is 1.25 bits per heavy atom. The molecular formula is C15H9F3N2O4. The van der Waals surface area contributed by atoms with Gasteiger partial charge in [0.25, 0.3) is 0 Å². The van der Waals surface area contributed by atoms with Crippen molar-refractivity contribution in [2.75, 3.05) is 7.11 Å². The van der Waals surface area contributed by atoms with Crippen LogP contribution in [0, 0.1) is 11.3 Å². The number of ether oxygens (including phenoxy) is 2. The molecule has 0 aliphatic rings. The van der Waals surface area contributed by atoms with Crippen molar-refractivity contribution in [1.82, 2.24) is 4.98 Å². The Labute approximate surface area is 133 Å². The van der Waals surface area contributed by atoms with Crippen molar-refractivity contribution in [1.29, 1.82) is 5.26 Å². The highest BCUT2D eigenvalue weighted by Crippen LogP contribution is 2.32. The maximum atomic E-state index is 12.8. The Morgan fingerprint density at radius 3 is 2.54 bits per heavy atom. The Kier molecular flexibility index (Phi) is 4.59. The minimum absolute atomic E-state index is 0.0695. The van der Waals surface area contributed by atoms with E-state index in [0.29, 0.717) is 6.07 Å². The zero-order chi connectivity index (χ0) is 17.9. The number of nitriles is 1. The molecular weight excluding hydrogens is 329 g/mol. The molecule has 0 spiro atoms. The minimum atomic E-state index is -4.76. The number of phenolic OH excluding ortho intramolecular Hbond substituents is 1. The third kappa shape index (κ3) is 3.92. The number of rotatable bonds is 3. The number of nitrogens with zero attached hydrogens (tertiary/aromatic N) is 2. The van der Waals surface area contributed by atoms with Gasteiger partial charge in [0.15, 0.2) is 0 Å². The molecule has 0 atom stereocenters. The summed E-state index contributed by atoms with van der Waals surface area (Å²) in [6.45, 7) is 0. The van der Waals surface area contributed by atoms with Crippen molar-refractivity contribution in [3.05, 3.63) is 47.2 Å². The molecule has 0 unspecified atom stereocenters. The van der Waals surface area contributed by atoms with E-state index in [9.17, 15) is 23.1 Å². The number of hydrogen-bond acceptors (Lipinski definition) is 6. The van der Waals surface area contributed by atoms with E-state index in [1.165, 1.54) is 0 Å². The summed E-state index contributed by atoms with van der Waals surface area (Å²) in [7, 11) is 1.13. The minimum Gasteiger partial charge on any atom is -0.508 e. The fourth-order valence-corrected chi connectivity index (χ4v) is 1.77. The summed E-state index contributed by atoms with van der Waals surface area (Å²) in [6.07, 6.45) is -4.76. The molecule has 9 heteroatoms. The molecule has 6 nitrogen and oxygen atoms in total. The highest BCUT2D eigenvalue weighted by Gasteiger charge is 2.33. The van der Waals surface area contributed by atoms with Gasteiger partial charge >= 0.3 is 12.1 Å². The van der Waals surface area contributed by atoms with Crippen LogP contribution in [0.5, 0.6) is 17.4 Å². The number of phenols is 1. The lowest BCUT2D eigenvalue weighted by atomic mass is 10.2.